The van der Waals surface area contributed by atoms with Crippen molar-refractivity contribution in [2.75, 3.05) is 0 Å². The van der Waals surface area contributed by atoms with E-state index >= 15 is 0 Å². The minimum absolute atomic E-state index is 0.228. The van der Waals surface area contributed by atoms with Crippen molar-refractivity contribution in [2.45, 2.75) is 13.2 Å². The molecule has 3 nitrogen and oxygen atoms in total. The third-order valence-electron chi connectivity index (χ3n) is 3.45. The molecule has 0 aliphatic carbocycles. The zero-order valence-electron chi connectivity index (χ0n) is 12.5. The maximum absolute atomic E-state index is 13.5. The van der Waals surface area contributed by atoms with Crippen molar-refractivity contribution in [3.05, 3.63) is 76.0 Å². The van der Waals surface area contributed by atoms with Crippen molar-refractivity contribution < 1.29 is 9.13 Å². The molecule has 0 aliphatic heterocycles. The van der Waals surface area contributed by atoms with Crippen LogP contribution in [0.5, 0.6) is 5.75 Å². The van der Waals surface area contributed by atoms with Crippen LogP contribution in [0.4, 0.5) is 4.39 Å². The molecule has 0 aliphatic rings. The molecule has 0 saturated carbocycles. The van der Waals surface area contributed by atoms with Crippen LogP contribution in [0, 0.1) is 5.82 Å². The zero-order valence-corrected chi connectivity index (χ0v) is 15.2. The van der Waals surface area contributed by atoms with Crippen LogP contribution in [-0.2, 0) is 13.2 Å². The Labute approximate surface area is 151 Å². The third kappa shape index (κ3) is 4.07. The van der Waals surface area contributed by atoms with Gasteiger partial charge in [0.25, 0.3) is 0 Å². The predicted octanol–water partition coefficient (Wildman–Crippen LogP) is 4.46. The summed E-state index contributed by atoms with van der Waals surface area (Å²) in [5.74, 6) is 0.870. The Kier molecular flexibility index (Phi) is 5.40. The second kappa shape index (κ2) is 7.52. The highest BCUT2D eigenvalue weighted by Crippen LogP contribution is 2.20. The van der Waals surface area contributed by atoms with Crippen LogP contribution < -0.4 is 10.0 Å². The number of aromatic nitrogens is 2. The average molecular weight is 383 g/mol. The quantitative estimate of drug-likeness (QED) is 0.609. The average Bonchev–Trinajstić information content (AvgIpc) is 2.95. The van der Waals surface area contributed by atoms with Crippen LogP contribution in [0.25, 0.3) is 0 Å². The molecule has 0 bridgehead atoms. The van der Waals surface area contributed by atoms with Gasteiger partial charge in [0.2, 0.25) is 0 Å². The van der Waals surface area contributed by atoms with Gasteiger partial charge in [0, 0.05) is 34.3 Å². The Hall–Kier alpha value is -1.61. The van der Waals surface area contributed by atoms with Crippen LogP contribution in [0.1, 0.15) is 11.4 Å². The van der Waals surface area contributed by atoms with Crippen LogP contribution in [0.15, 0.2) is 48.8 Å². The van der Waals surface area contributed by atoms with E-state index in [1.54, 1.807) is 24.4 Å². The first-order valence-corrected chi connectivity index (χ1v) is 8.48. The molecular formula is C17H14Cl2FN2OP. The van der Waals surface area contributed by atoms with E-state index in [1.807, 2.05) is 22.9 Å². The Balaban J connectivity index is 1.74. The highest BCUT2D eigenvalue weighted by molar-refractivity contribution is 7.27. The second-order valence-electron chi connectivity index (χ2n) is 5.19. The van der Waals surface area contributed by atoms with Gasteiger partial charge in [-0.1, -0.05) is 38.5 Å². The summed E-state index contributed by atoms with van der Waals surface area (Å²) in [5.41, 5.74) is 0.962. The van der Waals surface area contributed by atoms with E-state index in [-0.39, 0.29) is 12.4 Å². The first kappa shape index (κ1) is 17.2. The molecule has 0 radical (unpaired) electrons. The lowest BCUT2D eigenvalue weighted by atomic mass is 10.2. The third-order valence-corrected chi connectivity index (χ3v) is 4.44. The number of nitrogens with zero attached hydrogens (tertiary/aromatic N) is 2. The van der Waals surface area contributed by atoms with Gasteiger partial charge in [-0.3, -0.25) is 0 Å². The largest absolute Gasteiger partial charge is 0.485 e. The maximum Gasteiger partial charge on any atom is 0.147 e. The minimum atomic E-state index is -0.325. The summed E-state index contributed by atoms with van der Waals surface area (Å²) in [4.78, 5) is 4.30. The van der Waals surface area contributed by atoms with Crippen molar-refractivity contribution in [1.82, 2.24) is 9.55 Å². The molecule has 7 heteroatoms. The lowest BCUT2D eigenvalue weighted by Gasteiger charge is -2.12. The fourth-order valence-corrected chi connectivity index (χ4v) is 3.16. The van der Waals surface area contributed by atoms with Gasteiger partial charge < -0.3 is 9.30 Å². The summed E-state index contributed by atoms with van der Waals surface area (Å²) in [6, 6.07) is 10.1. The standard InChI is InChI=1S/C17H14Cl2FN2OP/c18-12-6-11(7-13(19)8-12)9-22-5-4-21-16(22)10-23-15-3-1-2-14(20)17(15)24/h1-8H,9-10,24H2. The highest BCUT2D eigenvalue weighted by atomic mass is 35.5. The molecule has 1 unspecified atom stereocenters. The SMILES string of the molecule is Fc1cccc(OCc2nccn2Cc2cc(Cl)cc(Cl)c2)c1P. The van der Waals surface area contributed by atoms with Crippen LogP contribution in [-0.4, -0.2) is 9.55 Å². The Bertz CT molecular complexity index is 849. The van der Waals surface area contributed by atoms with E-state index in [0.717, 1.165) is 11.4 Å². The van der Waals surface area contributed by atoms with Crippen molar-refractivity contribution in [3.63, 3.8) is 0 Å². The smallest absolute Gasteiger partial charge is 0.147 e. The summed E-state index contributed by atoms with van der Waals surface area (Å²) >= 11 is 12.1. The highest BCUT2D eigenvalue weighted by Gasteiger charge is 2.09. The Morgan fingerprint density at radius 1 is 1.17 bits per heavy atom. The van der Waals surface area contributed by atoms with Crippen LogP contribution in [0.2, 0.25) is 10.0 Å². The Morgan fingerprint density at radius 3 is 2.67 bits per heavy atom. The van der Waals surface area contributed by atoms with Crippen molar-refractivity contribution in [1.29, 1.82) is 0 Å². The summed E-state index contributed by atoms with van der Waals surface area (Å²) in [7, 11) is 2.35. The number of rotatable bonds is 5. The van der Waals surface area contributed by atoms with Crippen molar-refractivity contribution in [2.24, 2.45) is 0 Å². The molecule has 124 valence electrons. The van der Waals surface area contributed by atoms with Gasteiger partial charge in [-0.15, -0.1) is 0 Å². The summed E-state index contributed by atoms with van der Waals surface area (Å²) in [5, 5.41) is 1.57. The topological polar surface area (TPSA) is 27.1 Å². The molecule has 0 saturated heterocycles. The van der Waals surface area contributed by atoms with Crippen LogP contribution in [0.3, 0.4) is 0 Å². The Morgan fingerprint density at radius 2 is 1.92 bits per heavy atom. The van der Waals surface area contributed by atoms with E-state index < -0.39 is 0 Å². The predicted molar refractivity (Wildman–Crippen MR) is 97.9 cm³/mol. The molecular weight excluding hydrogens is 369 g/mol. The molecule has 0 N–H and O–H groups in total. The molecule has 0 spiro atoms. The van der Waals surface area contributed by atoms with Gasteiger partial charge in [-0.05, 0) is 35.9 Å². The monoisotopic (exact) mass is 382 g/mol. The molecule has 24 heavy (non-hydrogen) atoms. The molecule has 1 heterocycles. The number of ether oxygens (including phenoxy) is 1. The first-order valence-electron chi connectivity index (χ1n) is 7.14. The molecule has 0 fully saturated rings. The van der Waals surface area contributed by atoms with E-state index in [2.05, 4.69) is 14.2 Å². The molecule has 3 rings (SSSR count). The summed E-state index contributed by atoms with van der Waals surface area (Å²) in [6.45, 7) is 0.794. The van der Waals surface area contributed by atoms with Gasteiger partial charge in [-0.2, -0.15) is 0 Å². The lowest BCUT2D eigenvalue weighted by molar-refractivity contribution is 0.292. The second-order valence-corrected chi connectivity index (χ2v) is 6.64. The van der Waals surface area contributed by atoms with Gasteiger partial charge in [0.15, 0.2) is 0 Å². The van der Waals surface area contributed by atoms with Gasteiger partial charge in [0.1, 0.15) is 24.0 Å². The number of halogens is 3. The maximum atomic E-state index is 13.5. The lowest BCUT2D eigenvalue weighted by Crippen LogP contribution is -2.11. The first-order chi connectivity index (χ1) is 11.5. The normalized spacial score (nSPS) is 10.8. The fraction of sp³-hybridized carbons (Fsp3) is 0.118. The van der Waals surface area contributed by atoms with Gasteiger partial charge in [0.05, 0.1) is 0 Å². The minimum Gasteiger partial charge on any atom is -0.485 e. The van der Waals surface area contributed by atoms with Gasteiger partial charge >= 0.3 is 0 Å². The molecule has 1 aromatic heterocycles. The van der Waals surface area contributed by atoms with E-state index in [0.29, 0.717) is 27.6 Å². The van der Waals surface area contributed by atoms with E-state index in [9.17, 15) is 4.39 Å². The molecule has 0 amide bonds. The molecule has 2 aromatic carbocycles. The fourth-order valence-electron chi connectivity index (χ4n) is 2.31. The number of hydrogen-bond donors (Lipinski definition) is 0. The molecule has 3 aromatic rings. The van der Waals surface area contributed by atoms with Gasteiger partial charge in [-0.25, -0.2) is 9.37 Å². The van der Waals surface area contributed by atoms with Crippen LogP contribution >= 0.6 is 32.4 Å². The number of benzene rings is 2. The van der Waals surface area contributed by atoms with Crippen molar-refractivity contribution >= 4 is 37.7 Å². The van der Waals surface area contributed by atoms with E-state index in [1.165, 1.54) is 6.07 Å². The number of imidazole rings is 1. The number of hydrogen-bond acceptors (Lipinski definition) is 2. The zero-order chi connectivity index (χ0) is 17.1. The molecule has 1 atom stereocenters. The summed E-state index contributed by atoms with van der Waals surface area (Å²) in [6.07, 6.45) is 3.54. The van der Waals surface area contributed by atoms with Crippen molar-refractivity contribution in [3.8, 4) is 5.75 Å². The summed E-state index contributed by atoms with van der Waals surface area (Å²) < 4.78 is 21.2. The van der Waals surface area contributed by atoms with E-state index in [4.69, 9.17) is 27.9 Å².